The highest BCUT2D eigenvalue weighted by Crippen LogP contribution is 2.37. The molecule has 2 aromatic carbocycles. The second kappa shape index (κ2) is 9.93. The molecule has 10 heteroatoms. The molecule has 1 atom stereocenters. The van der Waals surface area contributed by atoms with E-state index in [1.54, 1.807) is 19.1 Å². The van der Waals surface area contributed by atoms with Crippen molar-refractivity contribution in [2.24, 2.45) is 0 Å². The Morgan fingerprint density at radius 1 is 1.31 bits per heavy atom. The van der Waals surface area contributed by atoms with E-state index in [9.17, 15) is 15.0 Å². The van der Waals surface area contributed by atoms with Crippen molar-refractivity contribution < 1.29 is 15.0 Å². The van der Waals surface area contributed by atoms with Crippen LogP contribution in [0.1, 0.15) is 34.0 Å². The number of fused-ring (bicyclic) bond motifs is 1. The fourth-order valence-electron chi connectivity index (χ4n) is 4.26. The van der Waals surface area contributed by atoms with Crippen LogP contribution in [-0.4, -0.2) is 59.6 Å². The first-order chi connectivity index (χ1) is 16.7. The lowest BCUT2D eigenvalue weighted by atomic mass is 10.1. The first-order valence-corrected chi connectivity index (χ1v) is 12.1. The summed E-state index contributed by atoms with van der Waals surface area (Å²) in [7, 11) is 4.02. The molecule has 0 bridgehead atoms. The van der Waals surface area contributed by atoms with Crippen LogP contribution in [-0.2, 0) is 6.42 Å². The standard InChI is InChI=1S/C25H30N6O3S/c1-14-12-16(28-24-21(23(33)29-35-24)22(26)27-15(2)13-32)8-9-17(14)25(34)31-11-10-18-19(30(3)4)6-5-7-20(18)31/h5-9,12,15,28,32H,10-11,13H2,1-4H3,(H2,26,27)(H,29,33). The minimum atomic E-state index is -0.341. The van der Waals surface area contributed by atoms with Crippen molar-refractivity contribution in [1.82, 2.24) is 9.69 Å². The summed E-state index contributed by atoms with van der Waals surface area (Å²) in [5, 5.41) is 34.2. The molecule has 4 rings (SSSR count). The van der Waals surface area contributed by atoms with Gasteiger partial charge >= 0.3 is 0 Å². The Morgan fingerprint density at radius 2 is 2.09 bits per heavy atom. The molecule has 1 aromatic heterocycles. The third kappa shape index (κ3) is 4.80. The normalized spacial score (nSPS) is 13.3. The Balaban J connectivity index is 1.55. The van der Waals surface area contributed by atoms with Crippen molar-refractivity contribution in [2.75, 3.05) is 42.4 Å². The van der Waals surface area contributed by atoms with Gasteiger partial charge in [-0.15, -0.1) is 0 Å². The Labute approximate surface area is 208 Å². The molecule has 3 aromatic rings. The number of aryl methyl sites for hydroxylation is 1. The summed E-state index contributed by atoms with van der Waals surface area (Å²) in [5.41, 5.74) is 5.65. The van der Waals surface area contributed by atoms with Crippen LogP contribution in [0.15, 0.2) is 36.4 Å². The zero-order chi connectivity index (χ0) is 25.3. The van der Waals surface area contributed by atoms with Gasteiger partial charge in [-0.1, -0.05) is 6.07 Å². The third-order valence-corrected chi connectivity index (χ3v) is 6.79. The van der Waals surface area contributed by atoms with Crippen LogP contribution in [0.5, 0.6) is 5.88 Å². The zero-order valence-corrected chi connectivity index (χ0v) is 21.0. The molecule has 0 fully saturated rings. The number of aliphatic hydroxyl groups excluding tert-OH is 1. The highest BCUT2D eigenvalue weighted by Gasteiger charge is 2.28. The van der Waals surface area contributed by atoms with E-state index in [0.717, 1.165) is 34.9 Å². The van der Waals surface area contributed by atoms with E-state index in [1.807, 2.05) is 44.1 Å². The number of aromatic nitrogens is 1. The average Bonchev–Trinajstić information content (AvgIpc) is 3.41. The summed E-state index contributed by atoms with van der Waals surface area (Å²) in [5.74, 6) is -0.328. The van der Waals surface area contributed by atoms with Gasteiger partial charge in [0.05, 0.1) is 6.61 Å². The number of nitrogens with zero attached hydrogens (tertiary/aromatic N) is 3. The van der Waals surface area contributed by atoms with Crippen molar-refractivity contribution in [2.45, 2.75) is 26.3 Å². The number of anilines is 4. The summed E-state index contributed by atoms with van der Waals surface area (Å²) < 4.78 is 3.96. The topological polar surface area (TPSA) is 125 Å². The maximum Gasteiger partial charge on any atom is 0.258 e. The fourth-order valence-corrected chi connectivity index (χ4v) is 4.98. The summed E-state index contributed by atoms with van der Waals surface area (Å²) in [4.78, 5) is 17.4. The van der Waals surface area contributed by atoms with Crippen LogP contribution in [0, 0.1) is 12.3 Å². The van der Waals surface area contributed by atoms with Crippen LogP contribution in [0.4, 0.5) is 22.1 Å². The zero-order valence-electron chi connectivity index (χ0n) is 20.2. The van der Waals surface area contributed by atoms with Gasteiger partial charge in [-0.3, -0.25) is 10.2 Å². The molecule has 1 amide bonds. The molecule has 35 heavy (non-hydrogen) atoms. The largest absolute Gasteiger partial charge is 0.492 e. The van der Waals surface area contributed by atoms with Gasteiger partial charge in [0, 0.05) is 54.9 Å². The predicted octanol–water partition coefficient (Wildman–Crippen LogP) is 3.47. The van der Waals surface area contributed by atoms with Gasteiger partial charge in [-0.2, -0.15) is 4.37 Å². The monoisotopic (exact) mass is 494 g/mol. The van der Waals surface area contributed by atoms with E-state index in [2.05, 4.69) is 26.0 Å². The predicted molar refractivity (Wildman–Crippen MR) is 141 cm³/mol. The fraction of sp³-hybridized carbons (Fsp3) is 0.320. The summed E-state index contributed by atoms with van der Waals surface area (Å²) in [6.07, 6.45) is 0.820. The Bertz CT molecular complexity index is 1270. The van der Waals surface area contributed by atoms with E-state index < -0.39 is 0 Å². The van der Waals surface area contributed by atoms with Gasteiger partial charge in [0.25, 0.3) is 5.91 Å². The molecule has 0 saturated carbocycles. The van der Waals surface area contributed by atoms with Gasteiger partial charge in [0.1, 0.15) is 16.4 Å². The van der Waals surface area contributed by atoms with E-state index in [0.29, 0.717) is 22.8 Å². The molecule has 9 nitrogen and oxygen atoms in total. The second-order valence-electron chi connectivity index (χ2n) is 8.84. The first kappa shape index (κ1) is 24.5. The molecule has 0 radical (unpaired) electrons. The molecular weight excluding hydrogens is 464 g/mol. The average molecular weight is 495 g/mol. The third-order valence-electron chi connectivity index (χ3n) is 6.03. The molecule has 2 heterocycles. The Morgan fingerprint density at radius 3 is 2.77 bits per heavy atom. The lowest BCUT2D eigenvalue weighted by Gasteiger charge is -2.21. The summed E-state index contributed by atoms with van der Waals surface area (Å²) in [6.45, 7) is 4.13. The van der Waals surface area contributed by atoms with Gasteiger partial charge in [0.2, 0.25) is 5.88 Å². The number of amides is 1. The number of aromatic hydroxyl groups is 1. The number of nitrogens with one attached hydrogen (secondary N) is 3. The van der Waals surface area contributed by atoms with Crippen LogP contribution in [0.2, 0.25) is 0 Å². The van der Waals surface area contributed by atoms with Crippen molar-refractivity contribution in [3.63, 3.8) is 0 Å². The highest BCUT2D eigenvalue weighted by atomic mass is 32.1. The lowest BCUT2D eigenvalue weighted by Crippen LogP contribution is -2.35. The van der Waals surface area contributed by atoms with E-state index >= 15 is 0 Å². The molecule has 184 valence electrons. The summed E-state index contributed by atoms with van der Waals surface area (Å²) in [6, 6.07) is 11.2. The van der Waals surface area contributed by atoms with Crippen molar-refractivity contribution in [3.8, 4) is 5.88 Å². The Kier molecular flexibility index (Phi) is 6.95. The smallest absolute Gasteiger partial charge is 0.258 e. The molecule has 0 aliphatic carbocycles. The molecule has 1 aliphatic heterocycles. The van der Waals surface area contributed by atoms with Crippen molar-refractivity contribution >= 4 is 45.3 Å². The van der Waals surface area contributed by atoms with E-state index in [1.165, 1.54) is 5.56 Å². The van der Waals surface area contributed by atoms with Crippen LogP contribution in [0.3, 0.4) is 0 Å². The number of benzene rings is 2. The number of amidine groups is 1. The minimum Gasteiger partial charge on any atom is -0.492 e. The van der Waals surface area contributed by atoms with Crippen LogP contribution < -0.4 is 20.4 Å². The lowest BCUT2D eigenvalue weighted by molar-refractivity contribution is 0.0989. The molecule has 0 saturated heterocycles. The molecule has 1 unspecified atom stereocenters. The molecular formula is C25H30N6O3S. The van der Waals surface area contributed by atoms with E-state index in [4.69, 9.17) is 5.41 Å². The van der Waals surface area contributed by atoms with Crippen LogP contribution >= 0.6 is 11.5 Å². The first-order valence-electron chi connectivity index (χ1n) is 11.3. The van der Waals surface area contributed by atoms with Crippen LogP contribution in [0.25, 0.3) is 0 Å². The Hall–Kier alpha value is -3.63. The number of rotatable bonds is 7. The van der Waals surface area contributed by atoms with Gasteiger partial charge in [-0.05, 0) is 67.7 Å². The van der Waals surface area contributed by atoms with Crippen molar-refractivity contribution in [3.05, 3.63) is 58.7 Å². The number of hydrogen-bond acceptors (Lipinski definition) is 8. The quantitative estimate of drug-likeness (QED) is 0.252. The number of hydrogen-bond donors (Lipinski definition) is 5. The highest BCUT2D eigenvalue weighted by molar-refractivity contribution is 7.11. The van der Waals surface area contributed by atoms with Gasteiger partial charge in [0.15, 0.2) is 0 Å². The van der Waals surface area contributed by atoms with Gasteiger partial charge in [-0.25, -0.2) is 0 Å². The SMILES string of the molecule is Cc1cc(Nc2snc(O)c2C(=N)NC(C)CO)ccc1C(=O)N1CCc2c(N(C)C)cccc21. The molecule has 1 aliphatic rings. The number of carbonyl (C=O) groups excluding carboxylic acids is 1. The number of aliphatic hydroxyl groups is 1. The van der Waals surface area contributed by atoms with Gasteiger partial charge < -0.3 is 30.6 Å². The van der Waals surface area contributed by atoms with E-state index in [-0.39, 0.29) is 35.8 Å². The minimum absolute atomic E-state index is 0.0337. The number of carbonyl (C=O) groups is 1. The maximum absolute atomic E-state index is 13.5. The molecule has 0 spiro atoms. The van der Waals surface area contributed by atoms with Crippen molar-refractivity contribution in [1.29, 1.82) is 5.41 Å². The summed E-state index contributed by atoms with van der Waals surface area (Å²) >= 11 is 1.03. The second-order valence-corrected chi connectivity index (χ2v) is 9.62. The maximum atomic E-state index is 13.5. The molecule has 5 N–H and O–H groups in total.